The summed E-state index contributed by atoms with van der Waals surface area (Å²) in [6, 6.07) is 4.07. The number of nitrogens with zero attached hydrogens (tertiary/aromatic N) is 1. The molecule has 2 unspecified atom stereocenters. The number of halogens is 1. The predicted octanol–water partition coefficient (Wildman–Crippen LogP) is 3.47. The number of hydrogen-bond acceptors (Lipinski definition) is 3. The number of aromatic nitrogens is 1. The highest BCUT2D eigenvalue weighted by atomic mass is 79.9. The molecule has 0 amide bonds. The zero-order valence-electron chi connectivity index (χ0n) is 11.2. The van der Waals surface area contributed by atoms with Gasteiger partial charge in [0.25, 0.3) is 0 Å². The molecule has 1 aromatic rings. The summed E-state index contributed by atoms with van der Waals surface area (Å²) in [5.74, 6) is 1.54. The highest BCUT2D eigenvalue weighted by molar-refractivity contribution is 9.10. The molecule has 1 aromatic heterocycles. The van der Waals surface area contributed by atoms with Gasteiger partial charge in [0, 0.05) is 11.0 Å². The molecule has 2 atom stereocenters. The van der Waals surface area contributed by atoms with Crippen LogP contribution in [0.1, 0.15) is 38.3 Å². The Morgan fingerprint density at radius 3 is 2.89 bits per heavy atom. The second kappa shape index (κ2) is 5.57. The summed E-state index contributed by atoms with van der Waals surface area (Å²) in [5.41, 5.74) is 7.07. The van der Waals surface area contributed by atoms with Gasteiger partial charge >= 0.3 is 0 Å². The van der Waals surface area contributed by atoms with Crippen molar-refractivity contribution in [2.75, 3.05) is 11.9 Å². The summed E-state index contributed by atoms with van der Waals surface area (Å²) < 4.78 is 1.05. The van der Waals surface area contributed by atoms with E-state index in [0.717, 1.165) is 22.4 Å². The topological polar surface area (TPSA) is 50.9 Å². The van der Waals surface area contributed by atoms with Gasteiger partial charge in [0.05, 0.1) is 11.2 Å². The molecule has 0 bridgehead atoms. The summed E-state index contributed by atoms with van der Waals surface area (Å²) in [6.45, 7) is 4.98. The van der Waals surface area contributed by atoms with Gasteiger partial charge in [-0.2, -0.15) is 0 Å². The minimum Gasteiger partial charge on any atom is -0.363 e. The Morgan fingerprint density at radius 2 is 2.28 bits per heavy atom. The van der Waals surface area contributed by atoms with Crippen LogP contribution in [0.2, 0.25) is 0 Å². The molecule has 0 aliphatic heterocycles. The van der Waals surface area contributed by atoms with E-state index < -0.39 is 0 Å². The summed E-state index contributed by atoms with van der Waals surface area (Å²) in [4.78, 5) is 4.58. The highest BCUT2D eigenvalue weighted by Crippen LogP contribution is 2.35. The van der Waals surface area contributed by atoms with Crippen molar-refractivity contribution >= 4 is 21.7 Å². The first kappa shape index (κ1) is 13.8. The smallest absolute Gasteiger partial charge is 0.126 e. The molecule has 1 aliphatic rings. The monoisotopic (exact) mass is 311 g/mol. The standard InChI is InChI=1S/C14H22BrN3/c1-10-5-3-4-8-14(10,9-16)18-13-7-6-12(15)11(2)17-13/h6-7,10H,3-5,8-9,16H2,1-2H3,(H,17,18). The third-order valence-corrected chi connectivity index (χ3v) is 5.05. The molecule has 1 heterocycles. The van der Waals surface area contributed by atoms with Gasteiger partial charge in [0.2, 0.25) is 0 Å². The Balaban J connectivity index is 2.21. The molecule has 100 valence electrons. The first-order chi connectivity index (χ1) is 8.57. The van der Waals surface area contributed by atoms with Gasteiger partial charge in [0.1, 0.15) is 5.82 Å². The maximum atomic E-state index is 6.04. The molecule has 4 heteroatoms. The van der Waals surface area contributed by atoms with E-state index in [1.807, 2.05) is 19.1 Å². The Hall–Kier alpha value is -0.610. The largest absolute Gasteiger partial charge is 0.363 e. The van der Waals surface area contributed by atoms with E-state index in [2.05, 4.69) is 33.2 Å². The Labute approximate surface area is 118 Å². The Bertz CT molecular complexity index is 422. The number of hydrogen-bond donors (Lipinski definition) is 2. The van der Waals surface area contributed by atoms with Gasteiger partial charge in [-0.25, -0.2) is 4.98 Å². The minimum absolute atomic E-state index is 0.0194. The van der Waals surface area contributed by atoms with Gasteiger partial charge in [0.15, 0.2) is 0 Å². The summed E-state index contributed by atoms with van der Waals surface area (Å²) in [7, 11) is 0. The Kier molecular flexibility index (Phi) is 4.28. The van der Waals surface area contributed by atoms with Crippen molar-refractivity contribution in [1.82, 2.24) is 4.98 Å². The number of aryl methyl sites for hydroxylation is 1. The van der Waals surface area contributed by atoms with Crippen molar-refractivity contribution in [2.45, 2.75) is 45.1 Å². The molecule has 0 radical (unpaired) electrons. The average Bonchev–Trinajstić information content (AvgIpc) is 2.37. The zero-order valence-corrected chi connectivity index (χ0v) is 12.8. The molecule has 0 spiro atoms. The van der Waals surface area contributed by atoms with Gasteiger partial charge in [-0.3, -0.25) is 0 Å². The van der Waals surface area contributed by atoms with E-state index >= 15 is 0 Å². The van der Waals surface area contributed by atoms with E-state index in [9.17, 15) is 0 Å². The van der Waals surface area contributed by atoms with Gasteiger partial charge in [-0.05, 0) is 53.7 Å². The van der Waals surface area contributed by atoms with Crippen molar-refractivity contribution in [3.05, 3.63) is 22.3 Å². The van der Waals surface area contributed by atoms with Crippen LogP contribution in [-0.2, 0) is 0 Å². The molecule has 3 nitrogen and oxygen atoms in total. The second-order valence-corrected chi connectivity index (χ2v) is 6.25. The first-order valence-electron chi connectivity index (χ1n) is 6.69. The molecule has 3 N–H and O–H groups in total. The van der Waals surface area contributed by atoms with E-state index in [0.29, 0.717) is 12.5 Å². The fourth-order valence-corrected chi connectivity index (χ4v) is 3.04. The maximum absolute atomic E-state index is 6.04. The lowest BCUT2D eigenvalue weighted by Crippen LogP contribution is -2.52. The fraction of sp³-hybridized carbons (Fsp3) is 0.643. The van der Waals surface area contributed by atoms with Crippen LogP contribution >= 0.6 is 15.9 Å². The quantitative estimate of drug-likeness (QED) is 0.898. The van der Waals surface area contributed by atoms with Gasteiger partial charge < -0.3 is 11.1 Å². The van der Waals surface area contributed by atoms with Gasteiger partial charge in [-0.15, -0.1) is 0 Å². The molecule has 2 rings (SSSR count). The van der Waals surface area contributed by atoms with E-state index in [-0.39, 0.29) is 5.54 Å². The summed E-state index contributed by atoms with van der Waals surface area (Å²) >= 11 is 3.48. The zero-order chi connectivity index (χ0) is 13.2. The molecular weight excluding hydrogens is 290 g/mol. The van der Waals surface area contributed by atoms with Crippen LogP contribution < -0.4 is 11.1 Å². The van der Waals surface area contributed by atoms with E-state index in [1.54, 1.807) is 0 Å². The van der Waals surface area contributed by atoms with Crippen LogP contribution in [0.15, 0.2) is 16.6 Å². The molecular formula is C14H22BrN3. The van der Waals surface area contributed by atoms with E-state index in [4.69, 9.17) is 5.73 Å². The van der Waals surface area contributed by atoms with Crippen molar-refractivity contribution in [3.63, 3.8) is 0 Å². The van der Waals surface area contributed by atoms with Crippen LogP contribution in [0.25, 0.3) is 0 Å². The number of anilines is 1. The van der Waals surface area contributed by atoms with Crippen LogP contribution in [0.5, 0.6) is 0 Å². The van der Waals surface area contributed by atoms with Crippen molar-refractivity contribution in [2.24, 2.45) is 11.7 Å². The van der Waals surface area contributed by atoms with Crippen LogP contribution in [0.3, 0.4) is 0 Å². The molecule has 0 saturated heterocycles. The molecule has 18 heavy (non-hydrogen) atoms. The van der Waals surface area contributed by atoms with Crippen LogP contribution in [0.4, 0.5) is 5.82 Å². The average molecular weight is 312 g/mol. The van der Waals surface area contributed by atoms with Crippen LogP contribution in [-0.4, -0.2) is 17.1 Å². The van der Waals surface area contributed by atoms with Crippen molar-refractivity contribution in [1.29, 1.82) is 0 Å². The highest BCUT2D eigenvalue weighted by Gasteiger charge is 2.37. The van der Waals surface area contributed by atoms with Crippen LogP contribution in [0, 0.1) is 12.8 Å². The maximum Gasteiger partial charge on any atom is 0.126 e. The fourth-order valence-electron chi connectivity index (χ4n) is 2.82. The SMILES string of the molecule is Cc1nc(NC2(CN)CCCCC2C)ccc1Br. The predicted molar refractivity (Wildman–Crippen MR) is 79.7 cm³/mol. The normalized spacial score (nSPS) is 28.1. The molecule has 1 fully saturated rings. The molecule has 1 saturated carbocycles. The lowest BCUT2D eigenvalue weighted by molar-refractivity contribution is 0.235. The third kappa shape index (κ3) is 2.69. The van der Waals surface area contributed by atoms with Crippen molar-refractivity contribution < 1.29 is 0 Å². The Morgan fingerprint density at radius 1 is 1.50 bits per heavy atom. The lowest BCUT2D eigenvalue weighted by atomic mass is 9.73. The van der Waals surface area contributed by atoms with Gasteiger partial charge in [-0.1, -0.05) is 19.8 Å². The number of pyridine rings is 1. The first-order valence-corrected chi connectivity index (χ1v) is 7.48. The number of nitrogens with two attached hydrogens (primary N) is 1. The number of nitrogens with one attached hydrogen (secondary N) is 1. The lowest BCUT2D eigenvalue weighted by Gasteiger charge is -2.43. The summed E-state index contributed by atoms with van der Waals surface area (Å²) in [6.07, 6.45) is 4.96. The van der Waals surface area contributed by atoms with Crippen molar-refractivity contribution in [3.8, 4) is 0 Å². The number of rotatable bonds is 3. The minimum atomic E-state index is 0.0194. The van der Waals surface area contributed by atoms with E-state index in [1.165, 1.54) is 19.3 Å². The summed E-state index contributed by atoms with van der Waals surface area (Å²) in [5, 5.41) is 3.60. The second-order valence-electron chi connectivity index (χ2n) is 5.40. The third-order valence-electron chi connectivity index (χ3n) is 4.22. The molecule has 1 aliphatic carbocycles. The molecule has 0 aromatic carbocycles.